The molecule has 6 heteroatoms. The maximum Gasteiger partial charge on any atom is 0.256 e. The van der Waals surface area contributed by atoms with Gasteiger partial charge in [-0.3, -0.25) is 14.3 Å². The molecule has 2 heterocycles. The predicted octanol–water partition coefficient (Wildman–Crippen LogP) is 2.75. The average molecular weight is 310 g/mol. The third-order valence-electron chi connectivity index (χ3n) is 3.63. The van der Waals surface area contributed by atoms with Crippen molar-refractivity contribution < 1.29 is 4.74 Å². The van der Waals surface area contributed by atoms with Crippen LogP contribution in [0.1, 0.15) is 25.3 Å². The zero-order valence-electron chi connectivity index (χ0n) is 13.3. The van der Waals surface area contributed by atoms with Crippen LogP contribution in [0.25, 0.3) is 17.2 Å². The summed E-state index contributed by atoms with van der Waals surface area (Å²) in [5.41, 5.74) is 2.08. The van der Waals surface area contributed by atoms with Crippen LogP contribution in [0, 0.1) is 0 Å². The minimum absolute atomic E-state index is 0.0557. The van der Waals surface area contributed by atoms with Crippen LogP contribution in [-0.4, -0.2) is 26.6 Å². The van der Waals surface area contributed by atoms with Gasteiger partial charge in [-0.1, -0.05) is 13.8 Å². The lowest BCUT2D eigenvalue weighted by Crippen LogP contribution is -2.20. The SMILES string of the molecule is COc1ccc(-c2nc(-n3ccnc3)[nH]c(=O)c2C(C)C)cc1. The standard InChI is InChI=1S/C17H18N4O2/c1-11(2)14-15(12-4-6-13(23-3)7-5-12)19-17(20-16(14)22)21-9-8-18-10-21/h4-11H,1-3H3,(H,19,20,22). The number of aromatic amines is 1. The number of imidazole rings is 1. The van der Waals surface area contributed by atoms with E-state index < -0.39 is 0 Å². The highest BCUT2D eigenvalue weighted by Gasteiger charge is 2.17. The molecule has 1 N–H and O–H groups in total. The first kappa shape index (κ1) is 15.0. The van der Waals surface area contributed by atoms with Crippen LogP contribution in [0.4, 0.5) is 0 Å². The Morgan fingerprint density at radius 3 is 2.52 bits per heavy atom. The van der Waals surface area contributed by atoms with E-state index in [1.807, 2.05) is 38.1 Å². The molecule has 0 amide bonds. The molecule has 3 rings (SSSR count). The van der Waals surface area contributed by atoms with Crippen LogP contribution in [-0.2, 0) is 0 Å². The molecule has 23 heavy (non-hydrogen) atoms. The topological polar surface area (TPSA) is 72.8 Å². The number of nitrogens with one attached hydrogen (secondary N) is 1. The summed E-state index contributed by atoms with van der Waals surface area (Å²) in [5.74, 6) is 1.27. The Hall–Kier alpha value is -2.89. The summed E-state index contributed by atoms with van der Waals surface area (Å²) in [5, 5.41) is 0. The van der Waals surface area contributed by atoms with Crippen molar-refractivity contribution in [1.29, 1.82) is 0 Å². The van der Waals surface area contributed by atoms with Gasteiger partial charge in [0.25, 0.3) is 5.56 Å². The molecule has 1 aromatic carbocycles. The van der Waals surface area contributed by atoms with E-state index >= 15 is 0 Å². The molecule has 0 aliphatic carbocycles. The van der Waals surface area contributed by atoms with Gasteiger partial charge in [-0.05, 0) is 30.2 Å². The summed E-state index contributed by atoms with van der Waals surface area (Å²) in [4.78, 5) is 24.0. The molecule has 0 fully saturated rings. The van der Waals surface area contributed by atoms with Crippen LogP contribution < -0.4 is 10.3 Å². The quantitative estimate of drug-likeness (QED) is 0.804. The zero-order valence-corrected chi connectivity index (χ0v) is 13.3. The Kier molecular flexibility index (Phi) is 3.97. The number of aromatic nitrogens is 4. The lowest BCUT2D eigenvalue weighted by atomic mass is 9.98. The number of hydrogen-bond acceptors (Lipinski definition) is 4. The largest absolute Gasteiger partial charge is 0.497 e. The van der Waals surface area contributed by atoms with Gasteiger partial charge in [0, 0.05) is 23.5 Å². The van der Waals surface area contributed by atoms with Crippen molar-refractivity contribution >= 4 is 0 Å². The van der Waals surface area contributed by atoms with Crippen LogP contribution >= 0.6 is 0 Å². The summed E-state index contributed by atoms with van der Waals surface area (Å²) in [6.45, 7) is 3.96. The minimum Gasteiger partial charge on any atom is -0.497 e. The number of benzene rings is 1. The van der Waals surface area contributed by atoms with Gasteiger partial charge in [-0.25, -0.2) is 9.97 Å². The molecule has 118 valence electrons. The van der Waals surface area contributed by atoms with E-state index in [-0.39, 0.29) is 11.5 Å². The lowest BCUT2D eigenvalue weighted by molar-refractivity contribution is 0.415. The van der Waals surface area contributed by atoms with Gasteiger partial charge in [0.1, 0.15) is 12.1 Å². The highest BCUT2D eigenvalue weighted by atomic mass is 16.5. The van der Waals surface area contributed by atoms with Gasteiger partial charge in [0.05, 0.1) is 12.8 Å². The van der Waals surface area contributed by atoms with E-state index in [4.69, 9.17) is 4.74 Å². The predicted molar refractivity (Wildman–Crippen MR) is 88.1 cm³/mol. The van der Waals surface area contributed by atoms with Crippen LogP contribution in [0.15, 0.2) is 47.8 Å². The zero-order chi connectivity index (χ0) is 16.4. The van der Waals surface area contributed by atoms with E-state index in [0.29, 0.717) is 17.2 Å². The van der Waals surface area contributed by atoms with Crippen molar-refractivity contribution in [2.45, 2.75) is 19.8 Å². The van der Waals surface area contributed by atoms with Crippen LogP contribution in [0.3, 0.4) is 0 Å². The van der Waals surface area contributed by atoms with Gasteiger partial charge >= 0.3 is 0 Å². The Balaban J connectivity index is 2.21. The Bertz CT molecular complexity index is 849. The van der Waals surface area contributed by atoms with E-state index in [1.54, 1.807) is 30.4 Å². The van der Waals surface area contributed by atoms with E-state index in [1.165, 1.54) is 0 Å². The summed E-state index contributed by atoms with van der Waals surface area (Å²) in [6.07, 6.45) is 4.99. The van der Waals surface area contributed by atoms with E-state index in [0.717, 1.165) is 11.3 Å². The maximum absolute atomic E-state index is 12.5. The van der Waals surface area contributed by atoms with E-state index in [2.05, 4.69) is 15.0 Å². The molecule has 2 aromatic heterocycles. The first-order valence-electron chi connectivity index (χ1n) is 7.37. The molecule has 0 aliphatic rings. The third kappa shape index (κ3) is 2.88. The molecule has 0 saturated heterocycles. The molecular weight excluding hydrogens is 292 g/mol. The number of rotatable bonds is 4. The van der Waals surface area contributed by atoms with Gasteiger partial charge in [-0.15, -0.1) is 0 Å². The first-order valence-corrected chi connectivity index (χ1v) is 7.37. The van der Waals surface area contributed by atoms with Crippen LogP contribution in [0.2, 0.25) is 0 Å². The van der Waals surface area contributed by atoms with Gasteiger partial charge in [0.2, 0.25) is 5.95 Å². The summed E-state index contributed by atoms with van der Waals surface area (Å²) >= 11 is 0. The van der Waals surface area contributed by atoms with Crippen molar-refractivity contribution in [2.75, 3.05) is 7.11 Å². The molecule has 0 radical (unpaired) electrons. The van der Waals surface area contributed by atoms with Crippen molar-refractivity contribution in [2.24, 2.45) is 0 Å². The van der Waals surface area contributed by atoms with Gasteiger partial charge in [-0.2, -0.15) is 0 Å². The third-order valence-corrected chi connectivity index (χ3v) is 3.63. The normalized spacial score (nSPS) is 11.0. The smallest absolute Gasteiger partial charge is 0.256 e. The molecule has 0 aliphatic heterocycles. The Labute approximate surface area is 133 Å². The average Bonchev–Trinajstić information content (AvgIpc) is 3.08. The summed E-state index contributed by atoms with van der Waals surface area (Å²) in [6, 6.07) is 7.53. The van der Waals surface area contributed by atoms with Crippen molar-refractivity contribution in [3.63, 3.8) is 0 Å². The van der Waals surface area contributed by atoms with Crippen molar-refractivity contribution in [1.82, 2.24) is 19.5 Å². The molecule has 6 nitrogen and oxygen atoms in total. The van der Waals surface area contributed by atoms with E-state index in [9.17, 15) is 4.79 Å². The number of H-pyrrole nitrogens is 1. The summed E-state index contributed by atoms with van der Waals surface area (Å²) < 4.78 is 6.87. The molecule has 0 saturated carbocycles. The number of methoxy groups -OCH3 is 1. The number of ether oxygens (including phenoxy) is 1. The Morgan fingerprint density at radius 1 is 1.22 bits per heavy atom. The molecule has 0 spiro atoms. The number of hydrogen-bond donors (Lipinski definition) is 1. The Morgan fingerprint density at radius 2 is 1.96 bits per heavy atom. The maximum atomic E-state index is 12.5. The van der Waals surface area contributed by atoms with Crippen molar-refractivity contribution in [3.8, 4) is 23.0 Å². The van der Waals surface area contributed by atoms with Crippen molar-refractivity contribution in [3.05, 3.63) is 58.9 Å². The number of nitrogens with zero attached hydrogens (tertiary/aromatic N) is 3. The highest BCUT2D eigenvalue weighted by molar-refractivity contribution is 5.64. The summed E-state index contributed by atoms with van der Waals surface area (Å²) in [7, 11) is 1.62. The molecule has 3 aromatic rings. The lowest BCUT2D eigenvalue weighted by Gasteiger charge is -2.13. The second kappa shape index (κ2) is 6.08. The van der Waals surface area contributed by atoms with Gasteiger partial charge in [0.15, 0.2) is 0 Å². The van der Waals surface area contributed by atoms with Crippen LogP contribution in [0.5, 0.6) is 5.75 Å². The minimum atomic E-state index is -0.135. The first-order chi connectivity index (χ1) is 11.1. The second-order valence-corrected chi connectivity index (χ2v) is 5.50. The monoisotopic (exact) mass is 310 g/mol. The molecular formula is C17H18N4O2. The molecule has 0 atom stereocenters. The molecule has 0 unspecified atom stereocenters. The van der Waals surface area contributed by atoms with Gasteiger partial charge < -0.3 is 4.74 Å². The second-order valence-electron chi connectivity index (χ2n) is 5.50. The fourth-order valence-corrected chi connectivity index (χ4v) is 2.48. The fraction of sp³-hybridized carbons (Fsp3) is 0.235. The molecule has 0 bridgehead atoms. The highest BCUT2D eigenvalue weighted by Crippen LogP contribution is 2.26. The fourth-order valence-electron chi connectivity index (χ4n) is 2.48.